The minimum atomic E-state index is 0. The molecular formula is C11H18Cl2N4O. The van der Waals surface area contributed by atoms with Crippen LogP contribution in [0.2, 0.25) is 0 Å². The van der Waals surface area contributed by atoms with Crippen molar-refractivity contribution in [3.8, 4) is 0 Å². The second kappa shape index (κ2) is 9.10. The molecule has 1 aliphatic rings. The highest BCUT2D eigenvalue weighted by molar-refractivity contribution is 5.91. The van der Waals surface area contributed by atoms with Gasteiger partial charge in [-0.1, -0.05) is 6.07 Å². The Labute approximate surface area is 119 Å². The molecule has 2 N–H and O–H groups in total. The average molecular weight is 293 g/mol. The molecular weight excluding hydrogens is 275 g/mol. The topological polar surface area (TPSA) is 57.3 Å². The summed E-state index contributed by atoms with van der Waals surface area (Å²) in [6.07, 6.45) is 1.67. The molecule has 1 aromatic heterocycles. The van der Waals surface area contributed by atoms with Crippen LogP contribution in [0.3, 0.4) is 0 Å². The Morgan fingerprint density at radius 3 is 2.67 bits per heavy atom. The van der Waals surface area contributed by atoms with Crippen LogP contribution >= 0.6 is 24.8 Å². The van der Waals surface area contributed by atoms with Gasteiger partial charge in [-0.05, 0) is 12.1 Å². The van der Waals surface area contributed by atoms with E-state index in [2.05, 4.69) is 20.5 Å². The average Bonchev–Trinajstić information content (AvgIpc) is 2.31. The number of nitrogens with one attached hydrogen (secondary N) is 2. The molecule has 0 saturated carbocycles. The van der Waals surface area contributed by atoms with Crippen molar-refractivity contribution in [2.75, 3.05) is 38.0 Å². The molecule has 0 unspecified atom stereocenters. The maximum Gasteiger partial charge on any atom is 0.239 e. The molecule has 2 heterocycles. The zero-order chi connectivity index (χ0) is 11.2. The van der Waals surface area contributed by atoms with Crippen molar-refractivity contribution in [2.24, 2.45) is 0 Å². The smallest absolute Gasteiger partial charge is 0.239 e. The fourth-order valence-electron chi connectivity index (χ4n) is 1.69. The number of pyridine rings is 1. The van der Waals surface area contributed by atoms with Crippen LogP contribution in [-0.2, 0) is 4.79 Å². The van der Waals surface area contributed by atoms with Crippen molar-refractivity contribution in [2.45, 2.75) is 0 Å². The largest absolute Gasteiger partial charge is 0.314 e. The molecule has 102 valence electrons. The van der Waals surface area contributed by atoms with Crippen LogP contribution in [-0.4, -0.2) is 48.5 Å². The van der Waals surface area contributed by atoms with Crippen molar-refractivity contribution in [1.29, 1.82) is 0 Å². The van der Waals surface area contributed by atoms with E-state index in [0.29, 0.717) is 12.4 Å². The molecule has 0 atom stereocenters. The molecule has 1 fully saturated rings. The van der Waals surface area contributed by atoms with Gasteiger partial charge < -0.3 is 10.6 Å². The van der Waals surface area contributed by atoms with Gasteiger partial charge in [0.1, 0.15) is 5.82 Å². The summed E-state index contributed by atoms with van der Waals surface area (Å²) in [6.45, 7) is 4.21. The van der Waals surface area contributed by atoms with E-state index in [4.69, 9.17) is 0 Å². The van der Waals surface area contributed by atoms with Crippen LogP contribution in [0, 0.1) is 0 Å². The molecule has 5 nitrogen and oxygen atoms in total. The molecule has 0 aromatic carbocycles. The number of carbonyl (C=O) groups is 1. The highest BCUT2D eigenvalue weighted by atomic mass is 35.5. The molecule has 1 amide bonds. The van der Waals surface area contributed by atoms with E-state index in [1.807, 2.05) is 12.1 Å². The molecule has 2 rings (SSSR count). The van der Waals surface area contributed by atoms with Gasteiger partial charge in [0.25, 0.3) is 0 Å². The number of halogens is 2. The Morgan fingerprint density at radius 2 is 2.06 bits per heavy atom. The SMILES string of the molecule is Cl.Cl.O=C(CN1CCNCC1)Nc1ccccn1. The number of rotatable bonds is 3. The number of hydrogen-bond acceptors (Lipinski definition) is 4. The summed E-state index contributed by atoms with van der Waals surface area (Å²) in [6, 6.07) is 5.47. The Kier molecular flexibility index (Phi) is 8.66. The molecule has 0 radical (unpaired) electrons. The Morgan fingerprint density at radius 1 is 1.33 bits per heavy atom. The molecule has 7 heteroatoms. The maximum absolute atomic E-state index is 11.7. The summed E-state index contributed by atoms with van der Waals surface area (Å²) < 4.78 is 0. The third-order valence-electron chi connectivity index (χ3n) is 2.51. The van der Waals surface area contributed by atoms with Gasteiger partial charge in [0.05, 0.1) is 6.54 Å². The molecule has 0 spiro atoms. The van der Waals surface area contributed by atoms with Gasteiger partial charge >= 0.3 is 0 Å². The lowest BCUT2D eigenvalue weighted by atomic mass is 10.3. The zero-order valence-electron chi connectivity index (χ0n) is 9.96. The number of piperazine rings is 1. The lowest BCUT2D eigenvalue weighted by Crippen LogP contribution is -2.46. The third kappa shape index (κ3) is 5.64. The molecule has 1 saturated heterocycles. The summed E-state index contributed by atoms with van der Waals surface area (Å²) in [4.78, 5) is 17.9. The number of amides is 1. The first kappa shape index (κ1) is 17.1. The molecule has 0 aliphatic carbocycles. The summed E-state index contributed by atoms with van der Waals surface area (Å²) in [7, 11) is 0. The minimum absolute atomic E-state index is 0. The first-order valence-corrected chi connectivity index (χ1v) is 5.48. The van der Waals surface area contributed by atoms with Gasteiger partial charge in [-0.2, -0.15) is 0 Å². The van der Waals surface area contributed by atoms with Crippen LogP contribution in [0.15, 0.2) is 24.4 Å². The Bertz CT molecular complexity index is 344. The number of hydrogen-bond donors (Lipinski definition) is 2. The van der Waals surface area contributed by atoms with E-state index in [1.54, 1.807) is 12.3 Å². The normalized spacial score (nSPS) is 15.1. The summed E-state index contributed by atoms with van der Waals surface area (Å²) >= 11 is 0. The van der Waals surface area contributed by atoms with Crippen molar-refractivity contribution in [3.63, 3.8) is 0 Å². The molecule has 1 aromatic rings. The second-order valence-electron chi connectivity index (χ2n) is 3.79. The van der Waals surface area contributed by atoms with Gasteiger partial charge in [0.2, 0.25) is 5.91 Å². The molecule has 0 bridgehead atoms. The highest BCUT2D eigenvalue weighted by Gasteiger charge is 2.13. The van der Waals surface area contributed by atoms with Gasteiger partial charge in [-0.3, -0.25) is 9.69 Å². The van der Waals surface area contributed by atoms with Gasteiger partial charge in [0.15, 0.2) is 0 Å². The Hall–Kier alpha value is -0.880. The van der Waals surface area contributed by atoms with E-state index < -0.39 is 0 Å². The van der Waals surface area contributed by atoms with E-state index in [9.17, 15) is 4.79 Å². The summed E-state index contributed by atoms with van der Waals surface area (Å²) in [5.74, 6) is 0.614. The first-order valence-electron chi connectivity index (χ1n) is 5.48. The molecule has 18 heavy (non-hydrogen) atoms. The predicted octanol–water partition coefficient (Wildman–Crippen LogP) is 0.769. The van der Waals surface area contributed by atoms with Crippen molar-refractivity contribution in [1.82, 2.24) is 15.2 Å². The van der Waals surface area contributed by atoms with E-state index in [1.165, 1.54) is 0 Å². The van der Waals surface area contributed by atoms with Crippen LogP contribution in [0.1, 0.15) is 0 Å². The fourth-order valence-corrected chi connectivity index (χ4v) is 1.69. The number of carbonyl (C=O) groups excluding carboxylic acids is 1. The third-order valence-corrected chi connectivity index (χ3v) is 2.51. The summed E-state index contributed by atoms with van der Waals surface area (Å²) in [5, 5.41) is 6.03. The number of nitrogens with zero attached hydrogens (tertiary/aromatic N) is 2. The zero-order valence-corrected chi connectivity index (χ0v) is 11.6. The van der Waals surface area contributed by atoms with Gasteiger partial charge in [-0.15, -0.1) is 24.8 Å². The Balaban J connectivity index is 0.00000144. The van der Waals surface area contributed by atoms with Crippen LogP contribution in [0.4, 0.5) is 5.82 Å². The lowest BCUT2D eigenvalue weighted by molar-refractivity contribution is -0.117. The van der Waals surface area contributed by atoms with Crippen LogP contribution in [0.5, 0.6) is 0 Å². The van der Waals surface area contributed by atoms with Crippen LogP contribution in [0.25, 0.3) is 0 Å². The van der Waals surface area contributed by atoms with Gasteiger partial charge in [-0.25, -0.2) is 4.98 Å². The molecule has 1 aliphatic heterocycles. The monoisotopic (exact) mass is 292 g/mol. The lowest BCUT2D eigenvalue weighted by Gasteiger charge is -2.26. The predicted molar refractivity (Wildman–Crippen MR) is 76.7 cm³/mol. The van der Waals surface area contributed by atoms with Crippen LogP contribution < -0.4 is 10.6 Å². The number of aromatic nitrogens is 1. The highest BCUT2D eigenvalue weighted by Crippen LogP contribution is 2.00. The fraction of sp³-hybridized carbons (Fsp3) is 0.455. The standard InChI is InChI=1S/C11H16N4O.2ClH/c16-11(9-15-7-5-12-6-8-15)14-10-3-1-2-4-13-10;;/h1-4,12H,5-9H2,(H,13,14,16);2*1H. The minimum Gasteiger partial charge on any atom is -0.314 e. The quantitative estimate of drug-likeness (QED) is 0.864. The van der Waals surface area contributed by atoms with E-state index in [0.717, 1.165) is 26.2 Å². The van der Waals surface area contributed by atoms with E-state index in [-0.39, 0.29) is 30.7 Å². The summed E-state index contributed by atoms with van der Waals surface area (Å²) in [5.41, 5.74) is 0. The van der Waals surface area contributed by atoms with Crippen molar-refractivity contribution in [3.05, 3.63) is 24.4 Å². The maximum atomic E-state index is 11.7. The first-order chi connectivity index (χ1) is 7.84. The second-order valence-corrected chi connectivity index (χ2v) is 3.79. The van der Waals surface area contributed by atoms with Crippen molar-refractivity contribution >= 4 is 36.5 Å². The number of anilines is 1. The van der Waals surface area contributed by atoms with Crippen molar-refractivity contribution < 1.29 is 4.79 Å². The van der Waals surface area contributed by atoms with E-state index >= 15 is 0 Å². The van der Waals surface area contributed by atoms with Gasteiger partial charge in [0, 0.05) is 32.4 Å².